The molecular weight excluding hydrogens is 796 g/mol. The van der Waals surface area contributed by atoms with Crippen LogP contribution in [0.2, 0.25) is 0 Å². The average Bonchev–Trinajstić information content (AvgIpc) is 3.73. The third-order valence-electron chi connectivity index (χ3n) is 11.4. The van der Waals surface area contributed by atoms with Crippen LogP contribution in [-0.4, -0.2) is 97.6 Å². The molecule has 0 spiro atoms. The maximum absolute atomic E-state index is 13.0. The molecule has 4 N–H and O–H groups in total. The molecule has 7 rings (SSSR count). The van der Waals surface area contributed by atoms with E-state index in [1.165, 1.54) is 4.57 Å². The second-order valence-electron chi connectivity index (χ2n) is 15.9. The molecule has 2 fully saturated rings. The highest BCUT2D eigenvalue weighted by molar-refractivity contribution is 6.00. The van der Waals surface area contributed by atoms with Gasteiger partial charge in [-0.3, -0.25) is 24.0 Å². The van der Waals surface area contributed by atoms with Gasteiger partial charge in [0.25, 0.3) is 0 Å². The number of aliphatic hydroxyl groups is 1. The van der Waals surface area contributed by atoms with Crippen molar-refractivity contribution in [3.8, 4) is 11.3 Å². The molecule has 4 heterocycles. The molecule has 18 heteroatoms. The highest BCUT2D eigenvalue weighted by atomic mass is 19.4. The summed E-state index contributed by atoms with van der Waals surface area (Å²) >= 11 is 0. The number of aliphatic hydroxyl groups excluding tert-OH is 1. The van der Waals surface area contributed by atoms with Crippen molar-refractivity contribution >= 4 is 39.8 Å². The Morgan fingerprint density at radius 1 is 0.885 bits per heavy atom. The fourth-order valence-corrected chi connectivity index (χ4v) is 8.05. The molecule has 2 aliphatic rings. The minimum absolute atomic E-state index is 0.0149. The first-order chi connectivity index (χ1) is 29.4. The number of aromatic nitrogens is 6. The van der Waals surface area contributed by atoms with E-state index in [0.717, 1.165) is 67.3 Å². The number of nitrogens with zero attached hydrogens (tertiary/aromatic N) is 6. The molecule has 0 radical (unpaired) electrons. The number of imide groups is 1. The summed E-state index contributed by atoms with van der Waals surface area (Å²) in [5.74, 6) is -0.636. The lowest BCUT2D eigenvalue weighted by molar-refractivity contribution is -0.136. The number of carbonyl (C=O) groups is 2. The van der Waals surface area contributed by atoms with Crippen molar-refractivity contribution in [2.45, 2.75) is 102 Å². The van der Waals surface area contributed by atoms with E-state index in [4.69, 9.17) is 14.6 Å². The molecule has 0 bridgehead atoms. The molecule has 3 aromatic heterocycles. The van der Waals surface area contributed by atoms with Gasteiger partial charge in [-0.2, -0.15) is 23.3 Å². The third-order valence-corrected chi connectivity index (χ3v) is 11.4. The molecule has 1 aliphatic heterocycles. The smallest absolute Gasteiger partial charge is 0.390 e. The van der Waals surface area contributed by atoms with Crippen molar-refractivity contribution in [1.82, 2.24) is 39.5 Å². The average molecular weight is 850 g/mol. The number of carbonyl (C=O) groups excluding carboxylic acids is 2. The number of nitrogens with one attached hydrogen (secondary N) is 3. The molecule has 1 saturated heterocycles. The number of benzene rings is 2. The van der Waals surface area contributed by atoms with Gasteiger partial charge in [0.15, 0.2) is 5.65 Å². The van der Waals surface area contributed by atoms with Gasteiger partial charge in [-0.15, -0.1) is 0 Å². The number of rotatable bonds is 20. The van der Waals surface area contributed by atoms with E-state index in [0.29, 0.717) is 74.5 Å². The first kappa shape index (κ1) is 43.9. The predicted octanol–water partition coefficient (Wildman–Crippen LogP) is 5.50. The van der Waals surface area contributed by atoms with E-state index >= 15 is 0 Å². The lowest BCUT2D eigenvalue weighted by Crippen LogP contribution is -2.44. The molecular formula is C43H54F3N9O6. The third kappa shape index (κ3) is 11.2. The molecule has 328 valence electrons. The summed E-state index contributed by atoms with van der Waals surface area (Å²) in [6.07, 6.45) is 2.53. The van der Waals surface area contributed by atoms with Crippen molar-refractivity contribution in [2.24, 2.45) is 7.05 Å². The molecule has 2 amide bonds. The maximum atomic E-state index is 13.0. The summed E-state index contributed by atoms with van der Waals surface area (Å²) < 4.78 is 54.7. The lowest BCUT2D eigenvalue weighted by Gasteiger charge is -2.25. The van der Waals surface area contributed by atoms with Crippen molar-refractivity contribution in [1.29, 1.82) is 0 Å². The zero-order chi connectivity index (χ0) is 42.9. The van der Waals surface area contributed by atoms with Crippen molar-refractivity contribution < 1.29 is 37.3 Å². The Morgan fingerprint density at radius 2 is 1.61 bits per heavy atom. The summed E-state index contributed by atoms with van der Waals surface area (Å²) in [5.41, 5.74) is 5.48. The van der Waals surface area contributed by atoms with E-state index in [1.807, 2.05) is 47.1 Å². The monoisotopic (exact) mass is 849 g/mol. The van der Waals surface area contributed by atoms with Crippen molar-refractivity contribution in [3.05, 3.63) is 70.3 Å². The van der Waals surface area contributed by atoms with Crippen LogP contribution in [0.4, 0.5) is 19.1 Å². The fraction of sp³-hybridized carbons (Fsp3) is 0.535. The number of imidazole rings is 1. The van der Waals surface area contributed by atoms with E-state index in [9.17, 15) is 32.7 Å². The Morgan fingerprint density at radius 3 is 2.34 bits per heavy atom. The number of ether oxygens (including phenoxy) is 2. The summed E-state index contributed by atoms with van der Waals surface area (Å²) in [6, 6.07) is 13.2. The number of alkyl halides is 3. The molecule has 15 nitrogen and oxygen atoms in total. The van der Waals surface area contributed by atoms with Crippen LogP contribution in [0, 0.1) is 0 Å². The molecule has 1 atom stereocenters. The van der Waals surface area contributed by atoms with Crippen LogP contribution in [0.3, 0.4) is 0 Å². The van der Waals surface area contributed by atoms with Crippen LogP contribution < -0.4 is 21.6 Å². The number of amides is 2. The fourth-order valence-electron chi connectivity index (χ4n) is 8.05. The molecule has 2 aromatic carbocycles. The standard InChI is InChI=1S/C43H54F3N9O6/c1-53-36-25-28(8-15-34(36)54(42(53)59)35-16-17-37(57)50-40(35)58)5-2-21-60-23-4-24-61-22-3-19-47-26-29-6-9-30(10-7-29)38-33-27-49-41(48-20-18-43(44,45)46)51-39(33)55(52-38)31-11-13-32(56)14-12-31/h6-10,15,25,27,31-32,35,47,56H,2-5,11-14,16-24,26H2,1H3,(H,48,49,51)(H,50,57,58)/t31-,32-,35-/m0/s1. The maximum Gasteiger partial charge on any atom is 0.390 e. The first-order valence-electron chi connectivity index (χ1n) is 21.2. The summed E-state index contributed by atoms with van der Waals surface area (Å²) in [7, 11) is 1.69. The summed E-state index contributed by atoms with van der Waals surface area (Å²) in [4.78, 5) is 45.9. The molecule has 61 heavy (non-hydrogen) atoms. The largest absolute Gasteiger partial charge is 0.393 e. The van der Waals surface area contributed by atoms with Gasteiger partial charge in [0.2, 0.25) is 17.8 Å². The number of aryl methyl sites for hydroxylation is 2. The van der Waals surface area contributed by atoms with Gasteiger partial charge in [0.05, 0.1) is 35.0 Å². The van der Waals surface area contributed by atoms with Gasteiger partial charge in [0.1, 0.15) is 11.7 Å². The van der Waals surface area contributed by atoms with E-state index in [-0.39, 0.29) is 42.7 Å². The number of hydrogen-bond acceptors (Lipinski definition) is 11. The van der Waals surface area contributed by atoms with Crippen molar-refractivity contribution in [3.63, 3.8) is 0 Å². The van der Waals surface area contributed by atoms with Crippen LogP contribution in [0.25, 0.3) is 33.3 Å². The molecule has 0 unspecified atom stereocenters. The molecule has 5 aromatic rings. The predicted molar refractivity (Wildman–Crippen MR) is 223 cm³/mol. The number of anilines is 1. The number of hydrogen-bond donors (Lipinski definition) is 4. The van der Waals surface area contributed by atoms with Crippen LogP contribution in [-0.2, 0) is 39.1 Å². The van der Waals surface area contributed by atoms with E-state index < -0.39 is 24.5 Å². The number of fused-ring (bicyclic) bond motifs is 2. The normalized spacial score (nSPS) is 18.6. The highest BCUT2D eigenvalue weighted by Crippen LogP contribution is 2.35. The van der Waals surface area contributed by atoms with Crippen LogP contribution in [0.5, 0.6) is 0 Å². The van der Waals surface area contributed by atoms with Gasteiger partial charge >= 0.3 is 11.9 Å². The lowest BCUT2D eigenvalue weighted by atomic mass is 9.93. The summed E-state index contributed by atoms with van der Waals surface area (Å²) in [5, 5.41) is 24.2. The topological polar surface area (TPSA) is 179 Å². The van der Waals surface area contributed by atoms with Crippen LogP contribution in [0.1, 0.15) is 87.4 Å². The van der Waals surface area contributed by atoms with Gasteiger partial charge in [-0.05, 0) is 87.6 Å². The minimum Gasteiger partial charge on any atom is -0.393 e. The zero-order valence-electron chi connectivity index (χ0n) is 34.4. The second-order valence-corrected chi connectivity index (χ2v) is 15.9. The minimum atomic E-state index is -4.28. The van der Waals surface area contributed by atoms with E-state index in [2.05, 4.69) is 25.9 Å². The van der Waals surface area contributed by atoms with Gasteiger partial charge in [-0.25, -0.2) is 14.5 Å². The van der Waals surface area contributed by atoms with Gasteiger partial charge < -0.3 is 25.2 Å². The van der Waals surface area contributed by atoms with Crippen LogP contribution in [0.15, 0.2) is 53.5 Å². The summed E-state index contributed by atoms with van der Waals surface area (Å²) in [6.45, 7) is 3.62. The Kier molecular flexibility index (Phi) is 14.5. The Bertz CT molecular complexity index is 2330. The first-order valence-corrected chi connectivity index (χ1v) is 21.2. The Hall–Kier alpha value is -5.17. The quantitative estimate of drug-likeness (QED) is 0.0574. The number of halogens is 3. The van der Waals surface area contributed by atoms with Crippen molar-refractivity contribution in [2.75, 3.05) is 44.8 Å². The molecule has 1 aliphatic carbocycles. The Balaban J connectivity index is 0.786. The van der Waals surface area contributed by atoms with Crippen LogP contribution >= 0.6 is 0 Å². The Labute approximate surface area is 351 Å². The second kappa shape index (κ2) is 20.1. The van der Waals surface area contributed by atoms with Gasteiger partial charge in [-0.1, -0.05) is 30.3 Å². The van der Waals surface area contributed by atoms with E-state index in [1.54, 1.807) is 17.8 Å². The zero-order valence-corrected chi connectivity index (χ0v) is 34.4. The molecule has 1 saturated carbocycles. The van der Waals surface area contributed by atoms with Gasteiger partial charge in [0, 0.05) is 64.7 Å². The number of piperidine rings is 1. The highest BCUT2D eigenvalue weighted by Gasteiger charge is 2.32. The SMILES string of the molecule is Cn1c(=O)n([C@H]2CCC(=O)NC2=O)c2ccc(CCCOCCCOCCCNCc3ccc(-c4nn([C@H]5CC[C@H](O)CC5)c5nc(NCCC(F)(F)F)ncc45)cc3)cc21.